The van der Waals surface area contributed by atoms with E-state index < -0.39 is 17.6 Å². The van der Waals surface area contributed by atoms with E-state index in [1.165, 1.54) is 10.8 Å². The number of hydrogen-bond acceptors (Lipinski definition) is 4. The third kappa shape index (κ3) is 1.91. The minimum Gasteiger partial charge on any atom is -0.374 e. The number of halogens is 3. The van der Waals surface area contributed by atoms with Crippen LogP contribution in [0.4, 0.5) is 13.2 Å². The smallest absolute Gasteiger partial charge is 0.374 e. The number of hydrazone groups is 1. The second kappa shape index (κ2) is 4.22. The summed E-state index contributed by atoms with van der Waals surface area (Å²) in [6.45, 7) is 2.86. The van der Waals surface area contributed by atoms with Gasteiger partial charge in [0, 0.05) is 11.9 Å². The average Bonchev–Trinajstić information content (AvgIpc) is 2.83. The van der Waals surface area contributed by atoms with E-state index in [9.17, 15) is 18.3 Å². The average molecular weight is 298 g/mol. The Morgan fingerprint density at radius 3 is 2.81 bits per heavy atom. The molecule has 0 spiro atoms. The molecule has 2 aliphatic rings. The third-order valence-corrected chi connectivity index (χ3v) is 3.70. The van der Waals surface area contributed by atoms with Crippen molar-refractivity contribution in [3.63, 3.8) is 0 Å². The van der Waals surface area contributed by atoms with E-state index in [1.54, 1.807) is 24.1 Å². The number of aromatic nitrogens is 2. The van der Waals surface area contributed by atoms with Gasteiger partial charge < -0.3 is 9.67 Å². The summed E-state index contributed by atoms with van der Waals surface area (Å²) in [4.78, 5) is 3.83. The van der Waals surface area contributed by atoms with E-state index >= 15 is 0 Å². The summed E-state index contributed by atoms with van der Waals surface area (Å²) in [6, 6.07) is -0.313. The van der Waals surface area contributed by atoms with Gasteiger partial charge in [0.25, 0.3) is 0 Å². The molecule has 112 valence electrons. The molecule has 1 N–H and O–H groups in total. The Morgan fingerprint density at radius 2 is 2.14 bits per heavy atom. The van der Waals surface area contributed by atoms with Crippen LogP contribution in [0.5, 0.6) is 0 Å². The van der Waals surface area contributed by atoms with Gasteiger partial charge in [-0.15, -0.1) is 5.10 Å². The maximum absolute atomic E-state index is 13.1. The lowest BCUT2D eigenvalue weighted by Crippen LogP contribution is -2.44. The summed E-state index contributed by atoms with van der Waals surface area (Å²) < 4.78 is 40.6. The van der Waals surface area contributed by atoms with Crippen LogP contribution >= 0.6 is 0 Å². The summed E-state index contributed by atoms with van der Waals surface area (Å²) >= 11 is 0. The highest BCUT2D eigenvalue weighted by molar-refractivity contribution is 5.71. The molecule has 1 aromatic heterocycles. The van der Waals surface area contributed by atoms with Crippen LogP contribution in [0.3, 0.4) is 0 Å². The minimum absolute atomic E-state index is 0.313. The van der Waals surface area contributed by atoms with Crippen molar-refractivity contribution in [2.24, 2.45) is 5.10 Å². The topological polar surface area (TPSA) is 53.6 Å². The van der Waals surface area contributed by atoms with Crippen LogP contribution < -0.4 is 0 Å². The molecule has 0 aromatic carbocycles. The molecule has 0 bridgehead atoms. The summed E-state index contributed by atoms with van der Waals surface area (Å²) in [5, 5.41) is 15.6. The zero-order valence-electron chi connectivity index (χ0n) is 11.4. The van der Waals surface area contributed by atoms with Crippen LogP contribution in [-0.2, 0) is 5.60 Å². The summed E-state index contributed by atoms with van der Waals surface area (Å²) in [5.41, 5.74) is -1.87. The first-order chi connectivity index (χ1) is 9.73. The fourth-order valence-corrected chi connectivity index (χ4v) is 2.53. The number of alkyl halides is 3. The van der Waals surface area contributed by atoms with Crippen LogP contribution in [0, 0.1) is 0 Å². The SMILES string of the molecule is C[C@H]1CN2N=C=CC=C2c2cnc([C@@](C)(O)C(F)(F)F)n21. The molecule has 2 atom stereocenters. The maximum Gasteiger partial charge on any atom is 0.424 e. The van der Waals surface area contributed by atoms with Crippen molar-refractivity contribution < 1.29 is 18.3 Å². The third-order valence-electron chi connectivity index (χ3n) is 3.70. The monoisotopic (exact) mass is 298 g/mol. The van der Waals surface area contributed by atoms with Crippen molar-refractivity contribution in [1.82, 2.24) is 14.6 Å². The minimum atomic E-state index is -4.80. The van der Waals surface area contributed by atoms with Gasteiger partial charge in [-0.3, -0.25) is 5.01 Å². The molecule has 2 aliphatic heterocycles. The van der Waals surface area contributed by atoms with Crippen LogP contribution in [0.2, 0.25) is 0 Å². The quantitative estimate of drug-likeness (QED) is 0.863. The first-order valence-corrected chi connectivity index (χ1v) is 6.38. The molecule has 0 radical (unpaired) electrons. The van der Waals surface area contributed by atoms with E-state index in [0.29, 0.717) is 17.9 Å². The van der Waals surface area contributed by atoms with E-state index in [-0.39, 0.29) is 6.04 Å². The van der Waals surface area contributed by atoms with E-state index in [4.69, 9.17) is 0 Å². The van der Waals surface area contributed by atoms with Gasteiger partial charge in [-0.1, -0.05) is 0 Å². The molecule has 0 aliphatic carbocycles. The first kappa shape index (κ1) is 13.9. The van der Waals surface area contributed by atoms with Crippen LogP contribution in [0.15, 0.2) is 23.5 Å². The Balaban J connectivity index is 2.16. The van der Waals surface area contributed by atoms with Crippen LogP contribution in [-0.4, -0.2) is 38.3 Å². The number of aliphatic hydroxyl groups is 1. The highest BCUT2D eigenvalue weighted by atomic mass is 19.4. The summed E-state index contributed by atoms with van der Waals surface area (Å²) in [5.74, 6) is 2.28. The number of imidazole rings is 1. The second-order valence-electron chi connectivity index (χ2n) is 5.29. The Kier molecular flexibility index (Phi) is 2.80. The number of rotatable bonds is 1. The second-order valence-corrected chi connectivity index (χ2v) is 5.29. The molecule has 0 amide bonds. The maximum atomic E-state index is 13.1. The van der Waals surface area contributed by atoms with Crippen molar-refractivity contribution in [2.45, 2.75) is 31.7 Å². The predicted octanol–water partition coefficient (Wildman–Crippen LogP) is 2.02. The molecule has 3 heterocycles. The lowest BCUT2D eigenvalue weighted by Gasteiger charge is -2.36. The lowest BCUT2D eigenvalue weighted by molar-refractivity contribution is -0.263. The number of allylic oxidation sites excluding steroid dienone is 2. The van der Waals surface area contributed by atoms with Crippen molar-refractivity contribution in [3.05, 3.63) is 29.9 Å². The van der Waals surface area contributed by atoms with Gasteiger partial charge in [0.2, 0.25) is 5.60 Å². The molecule has 8 heteroatoms. The van der Waals surface area contributed by atoms with Crippen molar-refractivity contribution >= 4 is 11.6 Å². The molecule has 21 heavy (non-hydrogen) atoms. The molecule has 5 nitrogen and oxygen atoms in total. The van der Waals surface area contributed by atoms with E-state index in [0.717, 1.165) is 6.92 Å². The molecule has 3 rings (SSSR count). The number of nitrogens with zero attached hydrogens (tertiary/aromatic N) is 4. The fraction of sp³-hybridized carbons (Fsp3) is 0.462. The van der Waals surface area contributed by atoms with Gasteiger partial charge in [-0.25, -0.2) is 4.98 Å². The summed E-state index contributed by atoms with van der Waals surface area (Å²) in [6.07, 6.45) is -0.178. The zero-order chi connectivity index (χ0) is 15.4. The molecule has 0 fully saturated rings. The fourth-order valence-electron chi connectivity index (χ4n) is 2.53. The van der Waals surface area contributed by atoms with Gasteiger partial charge in [0.15, 0.2) is 5.82 Å². The van der Waals surface area contributed by atoms with Crippen LogP contribution in [0.25, 0.3) is 5.70 Å². The van der Waals surface area contributed by atoms with Gasteiger partial charge >= 0.3 is 6.18 Å². The van der Waals surface area contributed by atoms with Crippen molar-refractivity contribution in [2.75, 3.05) is 6.54 Å². The van der Waals surface area contributed by atoms with E-state index in [2.05, 4.69) is 16.0 Å². The van der Waals surface area contributed by atoms with Gasteiger partial charge in [-0.2, -0.15) is 13.2 Å². The number of fused-ring (bicyclic) bond motifs is 3. The Morgan fingerprint density at radius 1 is 1.43 bits per heavy atom. The molecule has 0 saturated carbocycles. The lowest BCUT2D eigenvalue weighted by atomic mass is 10.0. The summed E-state index contributed by atoms with van der Waals surface area (Å²) in [7, 11) is 0. The van der Waals surface area contributed by atoms with Crippen molar-refractivity contribution in [3.8, 4) is 0 Å². The van der Waals surface area contributed by atoms with Gasteiger partial charge in [0.05, 0.1) is 30.2 Å². The van der Waals surface area contributed by atoms with Crippen LogP contribution in [0.1, 0.15) is 31.4 Å². The zero-order valence-corrected chi connectivity index (χ0v) is 11.4. The Hall–Kier alpha value is -2.05. The number of hydrogen-bond donors (Lipinski definition) is 1. The van der Waals surface area contributed by atoms with Crippen molar-refractivity contribution in [1.29, 1.82) is 0 Å². The molecular weight excluding hydrogens is 285 g/mol. The normalized spacial score (nSPS) is 23.4. The molecule has 1 aromatic rings. The van der Waals surface area contributed by atoms with Gasteiger partial charge in [0.1, 0.15) is 0 Å². The van der Waals surface area contributed by atoms with E-state index in [1.807, 2.05) is 0 Å². The van der Waals surface area contributed by atoms with Gasteiger partial charge in [-0.05, 0) is 19.9 Å². The standard InChI is InChI=1S/C13H13F3N4O/c1-8-7-19-9(4-3-5-18-19)10-6-17-11(20(8)10)12(2,21)13(14,15)16/h3-4,6,8,21H,7H2,1-2H3/t8-,12+/m0/s1. The molecule has 0 unspecified atom stereocenters. The predicted molar refractivity (Wildman–Crippen MR) is 69.3 cm³/mol. The highest BCUT2D eigenvalue weighted by Gasteiger charge is 2.55. The first-order valence-electron chi connectivity index (χ1n) is 6.38. The Labute approximate surface area is 118 Å². The largest absolute Gasteiger partial charge is 0.424 e. The highest BCUT2D eigenvalue weighted by Crippen LogP contribution is 2.41. The molecular formula is C13H13F3N4O. The Bertz CT molecular complexity index is 680. The molecule has 0 saturated heterocycles.